The second kappa shape index (κ2) is 12.5. The van der Waals surface area contributed by atoms with Crippen molar-refractivity contribution in [2.45, 2.75) is 59.3 Å². The highest BCUT2D eigenvalue weighted by atomic mass is 35.5. The van der Waals surface area contributed by atoms with Crippen LogP contribution in [0.5, 0.6) is 0 Å². The molecule has 0 radical (unpaired) electrons. The van der Waals surface area contributed by atoms with Crippen molar-refractivity contribution in [2.75, 3.05) is 23.7 Å². The smallest absolute Gasteiger partial charge is 0.315 e. The molecule has 3 aromatic rings. The number of aromatic nitrogens is 2. The Kier molecular flexibility index (Phi) is 9.62. The standard InChI is InChI=1S/C28H35Cl2N5O2/c1-6-8-14-34(27(37)31-20-11-9-10-19(7-2)15-20)18-26(36)32-25-17-24(28(3,4)5)33-35(25)21-12-13-22(29)23(30)16-21/h9-13,15-17H,6-8,14,18H2,1-5H3,(H,31,37)(H,32,36). The van der Waals surface area contributed by atoms with Crippen molar-refractivity contribution in [3.63, 3.8) is 0 Å². The lowest BCUT2D eigenvalue weighted by atomic mass is 9.92. The number of carbonyl (C=O) groups is 2. The Morgan fingerprint density at radius 1 is 1.00 bits per heavy atom. The minimum absolute atomic E-state index is 0.100. The van der Waals surface area contributed by atoms with Gasteiger partial charge in [0, 0.05) is 23.7 Å². The fourth-order valence-electron chi connectivity index (χ4n) is 3.68. The van der Waals surface area contributed by atoms with E-state index in [-0.39, 0.29) is 23.9 Å². The summed E-state index contributed by atoms with van der Waals surface area (Å²) in [6.07, 6.45) is 2.55. The van der Waals surface area contributed by atoms with Gasteiger partial charge in [-0.3, -0.25) is 4.79 Å². The maximum Gasteiger partial charge on any atom is 0.322 e. The molecule has 0 unspecified atom stereocenters. The van der Waals surface area contributed by atoms with E-state index in [1.807, 2.05) is 58.0 Å². The third kappa shape index (κ3) is 7.73. The van der Waals surface area contributed by atoms with Gasteiger partial charge in [0.15, 0.2) is 0 Å². The zero-order valence-electron chi connectivity index (χ0n) is 22.1. The fourth-order valence-corrected chi connectivity index (χ4v) is 3.97. The van der Waals surface area contributed by atoms with Crippen LogP contribution in [0.1, 0.15) is 58.7 Å². The molecule has 0 saturated heterocycles. The van der Waals surface area contributed by atoms with Gasteiger partial charge in [-0.2, -0.15) is 5.10 Å². The van der Waals surface area contributed by atoms with Gasteiger partial charge in [-0.25, -0.2) is 9.48 Å². The van der Waals surface area contributed by atoms with E-state index < -0.39 is 0 Å². The quantitative estimate of drug-likeness (QED) is 0.296. The molecule has 0 aliphatic heterocycles. The lowest BCUT2D eigenvalue weighted by Crippen LogP contribution is -2.41. The van der Waals surface area contributed by atoms with Crippen LogP contribution in [0.4, 0.5) is 16.3 Å². The summed E-state index contributed by atoms with van der Waals surface area (Å²) in [5, 5.41) is 11.4. The number of nitrogens with one attached hydrogen (secondary N) is 2. The summed E-state index contributed by atoms with van der Waals surface area (Å²) >= 11 is 12.3. The number of urea groups is 1. The first-order valence-corrected chi connectivity index (χ1v) is 13.3. The second-order valence-electron chi connectivity index (χ2n) is 9.98. The van der Waals surface area contributed by atoms with Gasteiger partial charge in [0.25, 0.3) is 0 Å². The van der Waals surface area contributed by atoms with Gasteiger partial charge in [0.1, 0.15) is 12.4 Å². The molecule has 0 aliphatic rings. The number of halogens is 2. The average Bonchev–Trinajstić information content (AvgIpc) is 3.27. The molecule has 2 aromatic carbocycles. The summed E-state index contributed by atoms with van der Waals surface area (Å²) < 4.78 is 1.63. The normalized spacial score (nSPS) is 11.3. The van der Waals surface area contributed by atoms with Crippen LogP contribution < -0.4 is 10.6 Å². The van der Waals surface area contributed by atoms with Crippen LogP contribution in [0.15, 0.2) is 48.5 Å². The van der Waals surface area contributed by atoms with E-state index in [2.05, 4.69) is 17.6 Å². The van der Waals surface area contributed by atoms with Crippen molar-refractivity contribution < 1.29 is 9.59 Å². The molecule has 198 valence electrons. The third-order valence-corrected chi connectivity index (χ3v) is 6.62. The number of hydrogen-bond acceptors (Lipinski definition) is 3. The van der Waals surface area contributed by atoms with Crippen LogP contribution in [0.25, 0.3) is 5.69 Å². The van der Waals surface area contributed by atoms with Gasteiger partial charge >= 0.3 is 6.03 Å². The second-order valence-corrected chi connectivity index (χ2v) is 10.8. The van der Waals surface area contributed by atoms with E-state index in [0.717, 1.165) is 30.5 Å². The molecule has 37 heavy (non-hydrogen) atoms. The van der Waals surface area contributed by atoms with Crippen molar-refractivity contribution in [1.82, 2.24) is 14.7 Å². The number of benzene rings is 2. The maximum absolute atomic E-state index is 13.2. The number of amides is 3. The van der Waals surface area contributed by atoms with Crippen LogP contribution in [0.3, 0.4) is 0 Å². The molecule has 0 aliphatic carbocycles. The molecule has 1 aromatic heterocycles. The number of aryl methyl sites for hydroxylation is 1. The molecular formula is C28H35Cl2N5O2. The minimum Gasteiger partial charge on any atom is -0.315 e. The summed E-state index contributed by atoms with van der Waals surface area (Å²) in [5.74, 6) is 0.162. The Bertz CT molecular complexity index is 1250. The highest BCUT2D eigenvalue weighted by molar-refractivity contribution is 6.42. The molecule has 0 spiro atoms. The zero-order chi connectivity index (χ0) is 27.2. The van der Waals surface area contributed by atoms with E-state index in [1.165, 1.54) is 4.90 Å². The first kappa shape index (κ1) is 28.5. The first-order chi connectivity index (χ1) is 17.5. The summed E-state index contributed by atoms with van der Waals surface area (Å²) in [5.41, 5.74) is 3.04. The number of hydrogen-bond donors (Lipinski definition) is 2. The lowest BCUT2D eigenvalue weighted by Gasteiger charge is -2.23. The lowest BCUT2D eigenvalue weighted by molar-refractivity contribution is -0.116. The molecule has 0 atom stereocenters. The van der Waals surface area contributed by atoms with Crippen LogP contribution >= 0.6 is 23.2 Å². The SMILES string of the molecule is CCCCN(CC(=O)Nc1cc(C(C)(C)C)nn1-c1ccc(Cl)c(Cl)c1)C(=O)Nc1cccc(CC)c1. The highest BCUT2D eigenvalue weighted by Gasteiger charge is 2.23. The van der Waals surface area contributed by atoms with E-state index in [4.69, 9.17) is 28.3 Å². The molecule has 7 nitrogen and oxygen atoms in total. The molecule has 0 saturated carbocycles. The number of carbonyl (C=O) groups excluding carboxylic acids is 2. The van der Waals surface area contributed by atoms with Crippen LogP contribution in [-0.2, 0) is 16.6 Å². The summed E-state index contributed by atoms with van der Waals surface area (Å²) in [7, 11) is 0. The summed E-state index contributed by atoms with van der Waals surface area (Å²) in [6.45, 7) is 10.6. The number of unbranched alkanes of at least 4 members (excludes halogenated alkanes) is 1. The first-order valence-electron chi connectivity index (χ1n) is 12.5. The molecule has 2 N–H and O–H groups in total. The van der Waals surface area contributed by atoms with Crippen LogP contribution in [-0.4, -0.2) is 39.7 Å². The van der Waals surface area contributed by atoms with Gasteiger partial charge in [-0.05, 0) is 48.7 Å². The predicted octanol–water partition coefficient (Wildman–Crippen LogP) is 7.31. The molecule has 9 heteroatoms. The van der Waals surface area contributed by atoms with Crippen molar-refractivity contribution in [3.8, 4) is 5.69 Å². The Hall–Kier alpha value is -3.03. The molecular weight excluding hydrogens is 509 g/mol. The minimum atomic E-state index is -0.324. The van der Waals surface area contributed by atoms with Gasteiger partial charge in [0.05, 0.1) is 21.4 Å². The summed E-state index contributed by atoms with van der Waals surface area (Å²) in [4.78, 5) is 27.8. The number of nitrogens with zero attached hydrogens (tertiary/aromatic N) is 3. The summed E-state index contributed by atoms with van der Waals surface area (Å²) in [6, 6.07) is 14.4. The van der Waals surface area contributed by atoms with Crippen LogP contribution in [0.2, 0.25) is 10.0 Å². The van der Waals surface area contributed by atoms with E-state index in [0.29, 0.717) is 33.8 Å². The van der Waals surface area contributed by atoms with E-state index in [1.54, 1.807) is 22.9 Å². The molecule has 3 rings (SSSR count). The topological polar surface area (TPSA) is 79.3 Å². The Labute approximate surface area is 229 Å². The van der Waals surface area contributed by atoms with E-state index >= 15 is 0 Å². The zero-order valence-corrected chi connectivity index (χ0v) is 23.6. The van der Waals surface area contributed by atoms with Gasteiger partial charge in [0.2, 0.25) is 5.91 Å². The van der Waals surface area contributed by atoms with Crippen molar-refractivity contribution in [3.05, 3.63) is 69.8 Å². The number of anilines is 2. The molecule has 1 heterocycles. The van der Waals surface area contributed by atoms with Gasteiger partial charge < -0.3 is 15.5 Å². The van der Waals surface area contributed by atoms with Crippen molar-refractivity contribution in [1.29, 1.82) is 0 Å². The molecule has 0 bridgehead atoms. The highest BCUT2D eigenvalue weighted by Crippen LogP contribution is 2.29. The maximum atomic E-state index is 13.2. The average molecular weight is 545 g/mol. The van der Waals surface area contributed by atoms with Crippen LogP contribution in [0, 0.1) is 0 Å². The van der Waals surface area contributed by atoms with Crippen molar-refractivity contribution in [2.24, 2.45) is 0 Å². The Balaban J connectivity index is 1.82. The Morgan fingerprint density at radius 2 is 1.76 bits per heavy atom. The van der Waals surface area contributed by atoms with Gasteiger partial charge in [-0.1, -0.05) is 76.4 Å². The monoisotopic (exact) mass is 543 g/mol. The number of rotatable bonds is 9. The Morgan fingerprint density at radius 3 is 2.41 bits per heavy atom. The molecule has 0 fully saturated rings. The van der Waals surface area contributed by atoms with E-state index in [9.17, 15) is 9.59 Å². The third-order valence-electron chi connectivity index (χ3n) is 5.88. The largest absolute Gasteiger partial charge is 0.322 e. The van der Waals surface area contributed by atoms with Gasteiger partial charge in [-0.15, -0.1) is 0 Å². The van der Waals surface area contributed by atoms with Crippen molar-refractivity contribution >= 4 is 46.6 Å². The molecule has 3 amide bonds. The fraction of sp³-hybridized carbons (Fsp3) is 0.393. The predicted molar refractivity (Wildman–Crippen MR) is 152 cm³/mol.